The summed E-state index contributed by atoms with van der Waals surface area (Å²) in [5.74, 6) is 1.22. The minimum absolute atomic E-state index is 0.0280. The van der Waals surface area contributed by atoms with Gasteiger partial charge in [0.1, 0.15) is 5.82 Å². The summed E-state index contributed by atoms with van der Waals surface area (Å²) in [4.78, 5) is 25.4. The minimum Gasteiger partial charge on any atom is -0.449 e. The fourth-order valence-corrected chi connectivity index (χ4v) is 4.55. The lowest BCUT2D eigenvalue weighted by atomic mass is 9.91. The molecule has 0 bridgehead atoms. The van der Waals surface area contributed by atoms with Crippen molar-refractivity contribution >= 4 is 39.5 Å². The molecule has 1 amide bonds. The van der Waals surface area contributed by atoms with E-state index in [1.165, 1.54) is 0 Å². The third-order valence-corrected chi connectivity index (χ3v) is 7.03. The summed E-state index contributed by atoms with van der Waals surface area (Å²) in [5, 5.41) is 11.4. The predicted octanol–water partition coefficient (Wildman–Crippen LogP) is 4.03. The Morgan fingerprint density at radius 2 is 2.15 bits per heavy atom. The Morgan fingerprint density at radius 3 is 2.91 bits per heavy atom. The van der Waals surface area contributed by atoms with E-state index in [1.54, 1.807) is 11.1 Å². The van der Waals surface area contributed by atoms with Crippen LogP contribution in [-0.4, -0.2) is 82.0 Å². The minimum atomic E-state index is -0.222. The molecule has 2 fully saturated rings. The van der Waals surface area contributed by atoms with Crippen LogP contribution in [0, 0.1) is 12.3 Å². The molecule has 2 N–H and O–H groups in total. The van der Waals surface area contributed by atoms with Crippen molar-refractivity contribution < 1.29 is 9.53 Å². The molecule has 186 valence electrons. The molecule has 1 atom stereocenters. The highest BCUT2D eigenvalue weighted by Crippen LogP contribution is 2.27. The number of carbonyl (C=O) groups excluding carboxylic acids is 1. The van der Waals surface area contributed by atoms with Crippen molar-refractivity contribution in [2.75, 3.05) is 57.0 Å². The summed E-state index contributed by atoms with van der Waals surface area (Å²) in [7, 11) is 2.14. The van der Waals surface area contributed by atoms with Gasteiger partial charge in [-0.2, -0.15) is 10.1 Å². The lowest BCUT2D eigenvalue weighted by Gasteiger charge is -2.20. The van der Waals surface area contributed by atoms with Crippen LogP contribution in [0.25, 0.3) is 0 Å². The molecule has 0 spiro atoms. The lowest BCUT2D eigenvalue weighted by molar-refractivity contribution is 0.0938. The van der Waals surface area contributed by atoms with E-state index in [-0.39, 0.29) is 11.5 Å². The largest absolute Gasteiger partial charge is 0.449 e. The average Bonchev–Trinajstić information content (AvgIpc) is 3.35. The third-order valence-electron chi connectivity index (χ3n) is 6.45. The van der Waals surface area contributed by atoms with Crippen molar-refractivity contribution in [2.45, 2.75) is 46.1 Å². The lowest BCUT2D eigenvalue weighted by Crippen LogP contribution is -2.32. The zero-order chi connectivity index (χ0) is 24.3. The standard InChI is InChI=1S/C23H35BrN8O2/c1-16-19(14-32(29-16)17-6-10-30(4)13-17)27-21-26-12-18(24)20(28-21)25-8-5-9-31-11-7-23(2,3)15-34-22(31)33/h12,14,17H,5-11,13,15H2,1-4H3,(H2,25,26,27,28). The number of likely N-dealkylation sites (tertiary alicyclic amines) is 1. The number of carbonyl (C=O) groups is 1. The van der Waals surface area contributed by atoms with Gasteiger partial charge in [0.2, 0.25) is 5.95 Å². The van der Waals surface area contributed by atoms with Gasteiger partial charge in [-0.25, -0.2) is 9.78 Å². The first-order valence-electron chi connectivity index (χ1n) is 11.9. The Morgan fingerprint density at radius 1 is 1.32 bits per heavy atom. The highest BCUT2D eigenvalue weighted by molar-refractivity contribution is 9.10. The van der Waals surface area contributed by atoms with Gasteiger partial charge in [0.05, 0.1) is 28.5 Å². The second-order valence-corrected chi connectivity index (χ2v) is 10.9. The molecule has 2 aliphatic heterocycles. The second-order valence-electron chi connectivity index (χ2n) is 10.1. The number of hydrogen-bond acceptors (Lipinski definition) is 8. The molecule has 2 aromatic heterocycles. The van der Waals surface area contributed by atoms with Gasteiger partial charge in [-0.1, -0.05) is 13.8 Å². The second kappa shape index (κ2) is 10.5. The van der Waals surface area contributed by atoms with E-state index in [4.69, 9.17) is 9.84 Å². The number of cyclic esters (lactones) is 1. The van der Waals surface area contributed by atoms with Gasteiger partial charge < -0.3 is 25.2 Å². The van der Waals surface area contributed by atoms with Crippen LogP contribution < -0.4 is 10.6 Å². The van der Waals surface area contributed by atoms with Gasteiger partial charge in [0.15, 0.2) is 0 Å². The number of halogens is 1. The van der Waals surface area contributed by atoms with Gasteiger partial charge in [-0.15, -0.1) is 0 Å². The molecule has 4 heterocycles. The maximum absolute atomic E-state index is 12.2. The van der Waals surface area contributed by atoms with Crippen molar-refractivity contribution in [1.29, 1.82) is 0 Å². The molecule has 4 rings (SSSR count). The number of rotatable bonds is 8. The first-order chi connectivity index (χ1) is 16.2. The number of ether oxygens (including phenoxy) is 1. The summed E-state index contributed by atoms with van der Waals surface area (Å²) in [5.41, 5.74) is 1.86. The summed E-state index contributed by atoms with van der Waals surface area (Å²) < 4.78 is 8.24. The number of aromatic nitrogens is 4. The molecular formula is C23H35BrN8O2. The molecule has 34 heavy (non-hydrogen) atoms. The number of nitrogens with zero attached hydrogens (tertiary/aromatic N) is 6. The Bertz CT molecular complexity index is 1010. The fraction of sp³-hybridized carbons (Fsp3) is 0.652. The Balaban J connectivity index is 1.31. The van der Waals surface area contributed by atoms with Crippen LogP contribution >= 0.6 is 15.9 Å². The van der Waals surface area contributed by atoms with E-state index in [0.29, 0.717) is 37.5 Å². The van der Waals surface area contributed by atoms with Crippen LogP contribution in [0.3, 0.4) is 0 Å². The topological polar surface area (TPSA) is 100 Å². The first kappa shape index (κ1) is 24.7. The normalized spacial score (nSPS) is 20.8. The molecule has 1 unspecified atom stereocenters. The summed E-state index contributed by atoms with van der Waals surface area (Å²) >= 11 is 3.52. The van der Waals surface area contributed by atoms with E-state index in [1.807, 2.05) is 17.8 Å². The molecule has 2 aromatic rings. The zero-order valence-corrected chi connectivity index (χ0v) is 22.1. The van der Waals surface area contributed by atoms with Crippen molar-refractivity contribution in [1.82, 2.24) is 29.5 Å². The zero-order valence-electron chi connectivity index (χ0n) is 20.5. The first-order valence-corrected chi connectivity index (χ1v) is 12.7. The molecule has 2 aliphatic rings. The molecule has 2 saturated heterocycles. The van der Waals surface area contributed by atoms with Crippen LogP contribution in [0.15, 0.2) is 16.9 Å². The van der Waals surface area contributed by atoms with Gasteiger partial charge in [0, 0.05) is 44.0 Å². The van der Waals surface area contributed by atoms with Gasteiger partial charge >= 0.3 is 6.09 Å². The summed E-state index contributed by atoms with van der Waals surface area (Å²) in [6.07, 6.45) is 6.38. The van der Waals surface area contributed by atoms with Crippen molar-refractivity contribution in [2.24, 2.45) is 5.41 Å². The highest BCUT2D eigenvalue weighted by Gasteiger charge is 2.28. The Hall–Kier alpha value is -2.40. The summed E-state index contributed by atoms with van der Waals surface area (Å²) in [6, 6.07) is 0.398. The van der Waals surface area contributed by atoms with Crippen molar-refractivity contribution in [3.63, 3.8) is 0 Å². The number of amides is 1. The van der Waals surface area contributed by atoms with Gasteiger partial charge in [-0.3, -0.25) is 4.68 Å². The molecule has 10 nitrogen and oxygen atoms in total. The van der Waals surface area contributed by atoms with Crippen molar-refractivity contribution in [3.8, 4) is 0 Å². The van der Waals surface area contributed by atoms with Crippen LogP contribution in [-0.2, 0) is 4.74 Å². The Kier molecular flexibility index (Phi) is 7.61. The smallest absolute Gasteiger partial charge is 0.409 e. The maximum Gasteiger partial charge on any atom is 0.409 e. The van der Waals surface area contributed by atoms with Gasteiger partial charge in [0.25, 0.3) is 0 Å². The number of nitrogens with one attached hydrogen (secondary N) is 2. The highest BCUT2D eigenvalue weighted by atomic mass is 79.9. The molecule has 0 radical (unpaired) electrons. The van der Waals surface area contributed by atoms with E-state index < -0.39 is 0 Å². The average molecular weight is 535 g/mol. The monoisotopic (exact) mass is 534 g/mol. The van der Waals surface area contributed by atoms with Crippen molar-refractivity contribution in [3.05, 3.63) is 22.6 Å². The van der Waals surface area contributed by atoms with E-state index in [2.05, 4.69) is 62.3 Å². The summed E-state index contributed by atoms with van der Waals surface area (Å²) in [6.45, 7) is 10.9. The van der Waals surface area contributed by atoms with E-state index in [9.17, 15) is 4.79 Å². The number of anilines is 3. The van der Waals surface area contributed by atoms with E-state index >= 15 is 0 Å². The van der Waals surface area contributed by atoms with Crippen LogP contribution in [0.4, 0.5) is 22.2 Å². The van der Waals surface area contributed by atoms with Crippen LogP contribution in [0.1, 0.15) is 44.8 Å². The molecule has 0 aromatic carbocycles. The van der Waals surface area contributed by atoms with E-state index in [0.717, 1.165) is 54.8 Å². The number of aryl methyl sites for hydroxylation is 1. The van der Waals surface area contributed by atoms with Gasteiger partial charge in [-0.05, 0) is 55.7 Å². The predicted molar refractivity (Wildman–Crippen MR) is 136 cm³/mol. The SMILES string of the molecule is Cc1nn(C2CCN(C)C2)cc1Nc1ncc(Br)c(NCCCN2CCC(C)(C)COC2=O)n1. The molecule has 0 aliphatic carbocycles. The molecule has 11 heteroatoms. The van der Waals surface area contributed by atoms with Crippen LogP contribution in [0.2, 0.25) is 0 Å². The Labute approximate surface area is 209 Å². The fourth-order valence-electron chi connectivity index (χ4n) is 4.22. The van der Waals surface area contributed by atoms with Crippen LogP contribution in [0.5, 0.6) is 0 Å². The number of hydrogen-bond donors (Lipinski definition) is 2. The quantitative estimate of drug-likeness (QED) is 0.489. The molecule has 0 saturated carbocycles. The third kappa shape index (κ3) is 6.18. The maximum atomic E-state index is 12.2. The number of likely N-dealkylation sites (N-methyl/N-ethyl adjacent to an activating group) is 1. The molecular weight excluding hydrogens is 500 g/mol.